The highest BCUT2D eigenvalue weighted by atomic mass is 32.1. The highest BCUT2D eigenvalue weighted by Gasteiger charge is 2.28. The number of amides is 1. The van der Waals surface area contributed by atoms with Crippen molar-refractivity contribution in [2.24, 2.45) is 5.92 Å². The molecule has 1 amide bonds. The predicted molar refractivity (Wildman–Crippen MR) is 90.8 cm³/mol. The fourth-order valence-electron chi connectivity index (χ4n) is 3.24. The Kier molecular flexibility index (Phi) is 3.68. The molecule has 8 heteroatoms. The van der Waals surface area contributed by atoms with Gasteiger partial charge in [-0.15, -0.1) is 11.3 Å². The van der Waals surface area contributed by atoms with Crippen LogP contribution in [0.5, 0.6) is 0 Å². The molecule has 0 saturated heterocycles. The van der Waals surface area contributed by atoms with Crippen molar-refractivity contribution in [2.75, 3.05) is 7.05 Å². The number of rotatable bonds is 3. The van der Waals surface area contributed by atoms with Gasteiger partial charge in [-0.3, -0.25) is 14.7 Å². The second kappa shape index (κ2) is 5.86. The Bertz CT molecular complexity index is 957. The van der Waals surface area contributed by atoms with Crippen molar-refractivity contribution in [3.63, 3.8) is 0 Å². The summed E-state index contributed by atoms with van der Waals surface area (Å²) < 4.78 is 0.618. The Hall–Kier alpha value is -2.48. The van der Waals surface area contributed by atoms with E-state index in [1.165, 1.54) is 11.3 Å². The van der Waals surface area contributed by atoms with Gasteiger partial charge >= 0.3 is 0 Å². The number of aromatic amines is 2. The first-order chi connectivity index (χ1) is 11.6. The molecule has 1 atom stereocenters. The minimum absolute atomic E-state index is 0.0447. The number of nitrogens with one attached hydrogen (secondary N) is 2. The summed E-state index contributed by atoms with van der Waals surface area (Å²) >= 11 is 1.37. The van der Waals surface area contributed by atoms with Crippen LogP contribution in [0.3, 0.4) is 0 Å². The van der Waals surface area contributed by atoms with E-state index in [4.69, 9.17) is 0 Å². The number of nitrogens with zero attached hydrogens (tertiary/aromatic N) is 3. The van der Waals surface area contributed by atoms with Crippen LogP contribution >= 0.6 is 11.3 Å². The van der Waals surface area contributed by atoms with Crippen molar-refractivity contribution in [2.45, 2.75) is 25.8 Å². The molecule has 3 aromatic heterocycles. The van der Waals surface area contributed by atoms with Crippen molar-refractivity contribution in [1.82, 2.24) is 25.1 Å². The first-order valence-electron chi connectivity index (χ1n) is 7.84. The molecule has 0 radical (unpaired) electrons. The normalized spacial score (nSPS) is 17.0. The van der Waals surface area contributed by atoms with Crippen molar-refractivity contribution in [1.29, 1.82) is 0 Å². The zero-order valence-corrected chi connectivity index (χ0v) is 14.0. The first kappa shape index (κ1) is 15.1. The Morgan fingerprint density at radius 3 is 3.25 bits per heavy atom. The Balaban J connectivity index is 1.50. The summed E-state index contributed by atoms with van der Waals surface area (Å²) in [5.41, 5.74) is 2.79. The number of carbonyl (C=O) groups excluding carboxylic acids is 1. The van der Waals surface area contributed by atoms with Gasteiger partial charge in [0.2, 0.25) is 5.91 Å². The van der Waals surface area contributed by atoms with E-state index in [0.717, 1.165) is 24.1 Å². The van der Waals surface area contributed by atoms with Gasteiger partial charge in [0.05, 0.1) is 18.3 Å². The molecule has 3 heterocycles. The topological polar surface area (TPSA) is 94.7 Å². The number of hydrogen-bond donors (Lipinski definition) is 2. The smallest absolute Gasteiger partial charge is 0.268 e. The van der Waals surface area contributed by atoms with E-state index >= 15 is 0 Å². The summed E-state index contributed by atoms with van der Waals surface area (Å²) in [7, 11) is 1.75. The number of fused-ring (bicyclic) bond motifs is 2. The lowest BCUT2D eigenvalue weighted by Crippen LogP contribution is -2.36. The molecular formula is C16H17N5O2S. The Labute approximate surface area is 141 Å². The highest BCUT2D eigenvalue weighted by molar-refractivity contribution is 7.17. The summed E-state index contributed by atoms with van der Waals surface area (Å²) in [5, 5.41) is 8.87. The molecule has 1 aliphatic rings. The van der Waals surface area contributed by atoms with Gasteiger partial charge in [-0.2, -0.15) is 5.10 Å². The van der Waals surface area contributed by atoms with Crippen LogP contribution in [0, 0.1) is 5.92 Å². The summed E-state index contributed by atoms with van der Waals surface area (Å²) in [5.74, 6) is 0.549. The molecule has 124 valence electrons. The molecule has 0 unspecified atom stereocenters. The fourth-order valence-corrected chi connectivity index (χ4v) is 3.96. The molecule has 0 aromatic carbocycles. The second-order valence-corrected chi connectivity index (χ2v) is 7.07. The van der Waals surface area contributed by atoms with E-state index in [1.807, 2.05) is 11.4 Å². The van der Waals surface area contributed by atoms with E-state index in [2.05, 4.69) is 20.2 Å². The van der Waals surface area contributed by atoms with E-state index in [9.17, 15) is 9.59 Å². The molecule has 4 rings (SSSR count). The van der Waals surface area contributed by atoms with Crippen LogP contribution in [0.4, 0.5) is 0 Å². The number of aromatic nitrogens is 4. The zero-order valence-electron chi connectivity index (χ0n) is 13.2. The lowest BCUT2D eigenvalue weighted by molar-refractivity contribution is -0.135. The lowest BCUT2D eigenvalue weighted by Gasteiger charge is -2.26. The van der Waals surface area contributed by atoms with Gasteiger partial charge in [0, 0.05) is 18.7 Å². The van der Waals surface area contributed by atoms with E-state index in [0.29, 0.717) is 29.0 Å². The maximum absolute atomic E-state index is 12.7. The Morgan fingerprint density at radius 2 is 2.38 bits per heavy atom. The van der Waals surface area contributed by atoms with Gasteiger partial charge in [-0.05, 0) is 36.3 Å². The number of carbonyl (C=O) groups is 1. The maximum Gasteiger partial charge on any atom is 0.268 e. The third kappa shape index (κ3) is 2.62. The van der Waals surface area contributed by atoms with Crippen LogP contribution in [0.1, 0.15) is 23.5 Å². The zero-order chi connectivity index (χ0) is 16.7. The van der Waals surface area contributed by atoms with Crippen LogP contribution in [0.15, 0.2) is 22.4 Å². The van der Waals surface area contributed by atoms with Crippen molar-refractivity contribution in [3.05, 3.63) is 45.1 Å². The minimum atomic E-state index is -0.147. The van der Waals surface area contributed by atoms with E-state index in [1.54, 1.807) is 18.1 Å². The molecule has 7 nitrogen and oxygen atoms in total. The number of H-pyrrole nitrogens is 2. The van der Waals surface area contributed by atoms with Gasteiger partial charge in [0.25, 0.3) is 5.56 Å². The lowest BCUT2D eigenvalue weighted by atomic mass is 9.87. The van der Waals surface area contributed by atoms with Crippen molar-refractivity contribution >= 4 is 27.5 Å². The molecule has 24 heavy (non-hydrogen) atoms. The van der Waals surface area contributed by atoms with E-state index in [-0.39, 0.29) is 17.4 Å². The van der Waals surface area contributed by atoms with Gasteiger partial charge in [0.1, 0.15) is 10.5 Å². The SMILES string of the molecule is CN(Cc1nc2ccsc2c(=O)[nH]1)C(=O)[C@@H]1CCc2[nH]ncc2C1. The fraction of sp³-hybridized carbons (Fsp3) is 0.375. The number of aryl methyl sites for hydroxylation is 1. The number of thiophene rings is 1. The summed E-state index contributed by atoms with van der Waals surface area (Å²) in [6.45, 7) is 0.300. The molecular weight excluding hydrogens is 326 g/mol. The highest BCUT2D eigenvalue weighted by Crippen LogP contribution is 2.25. The minimum Gasteiger partial charge on any atom is -0.338 e. The molecule has 0 spiro atoms. The molecule has 0 aliphatic heterocycles. The van der Waals surface area contributed by atoms with Crippen LogP contribution in [-0.2, 0) is 24.2 Å². The Morgan fingerprint density at radius 1 is 1.50 bits per heavy atom. The first-order valence-corrected chi connectivity index (χ1v) is 8.72. The van der Waals surface area contributed by atoms with Crippen molar-refractivity contribution in [3.8, 4) is 0 Å². The molecule has 0 fully saturated rings. The second-order valence-electron chi connectivity index (χ2n) is 6.16. The van der Waals surface area contributed by atoms with Gasteiger partial charge in [-0.1, -0.05) is 0 Å². The van der Waals surface area contributed by atoms with Gasteiger partial charge < -0.3 is 9.88 Å². The number of hydrogen-bond acceptors (Lipinski definition) is 5. The monoisotopic (exact) mass is 343 g/mol. The van der Waals surface area contributed by atoms with Crippen LogP contribution in [0.25, 0.3) is 10.2 Å². The average molecular weight is 343 g/mol. The predicted octanol–water partition coefficient (Wildman–Crippen LogP) is 1.47. The quantitative estimate of drug-likeness (QED) is 0.753. The third-order valence-electron chi connectivity index (χ3n) is 4.49. The standard InChI is InChI=1S/C16H17N5O2S/c1-21(8-13-18-12-4-5-24-14(12)15(22)19-13)16(23)9-2-3-11-10(6-9)7-17-20-11/h4-5,7,9H,2-3,6,8H2,1H3,(H,17,20)(H,18,19,22)/t9-/m1/s1. The largest absolute Gasteiger partial charge is 0.338 e. The third-order valence-corrected chi connectivity index (χ3v) is 5.40. The van der Waals surface area contributed by atoms with Gasteiger partial charge in [0.15, 0.2) is 0 Å². The molecule has 3 aromatic rings. The molecule has 1 aliphatic carbocycles. The van der Waals surface area contributed by atoms with Crippen molar-refractivity contribution < 1.29 is 4.79 Å². The van der Waals surface area contributed by atoms with Crippen LogP contribution in [-0.4, -0.2) is 38.0 Å². The molecule has 0 bridgehead atoms. The molecule has 2 N–H and O–H groups in total. The van der Waals surface area contributed by atoms with E-state index < -0.39 is 0 Å². The summed E-state index contributed by atoms with van der Waals surface area (Å²) in [4.78, 5) is 33.6. The van der Waals surface area contributed by atoms with Gasteiger partial charge in [-0.25, -0.2) is 4.98 Å². The molecule has 0 saturated carbocycles. The summed E-state index contributed by atoms with van der Waals surface area (Å²) in [6, 6.07) is 1.82. The van der Waals surface area contributed by atoms with Crippen LogP contribution in [0.2, 0.25) is 0 Å². The maximum atomic E-state index is 12.7. The van der Waals surface area contributed by atoms with Crippen LogP contribution < -0.4 is 5.56 Å². The average Bonchev–Trinajstić information content (AvgIpc) is 3.22. The summed E-state index contributed by atoms with van der Waals surface area (Å²) in [6.07, 6.45) is 4.17.